The fraction of sp³-hybridized carbons (Fsp3) is 0.467. The molecule has 21 heavy (non-hydrogen) atoms. The molecule has 0 saturated carbocycles. The first-order valence-corrected chi connectivity index (χ1v) is 7.96. The smallest absolute Gasteiger partial charge is 0.153 e. The molecule has 1 aromatic heterocycles. The van der Waals surface area contributed by atoms with Crippen molar-refractivity contribution in [1.82, 2.24) is 20.4 Å². The lowest BCUT2D eigenvalue weighted by Gasteiger charge is -2.39. The number of rotatable bonds is 6. The fourth-order valence-electron chi connectivity index (χ4n) is 3.15. The summed E-state index contributed by atoms with van der Waals surface area (Å²) in [7, 11) is 1.89. The van der Waals surface area contributed by atoms with E-state index in [0.29, 0.717) is 0 Å². The molecule has 0 radical (unpaired) electrons. The van der Waals surface area contributed by atoms with Crippen LogP contribution in [0.15, 0.2) is 34.9 Å². The summed E-state index contributed by atoms with van der Waals surface area (Å²) in [5.74, 6) is 5.94. The van der Waals surface area contributed by atoms with Gasteiger partial charge in [-0.1, -0.05) is 49.4 Å². The number of aryl methyl sites for hydroxylation is 1. The highest BCUT2D eigenvalue weighted by atomic mass is 79.9. The van der Waals surface area contributed by atoms with Gasteiger partial charge in [-0.3, -0.25) is 11.3 Å². The van der Waals surface area contributed by atoms with Gasteiger partial charge in [0.1, 0.15) is 0 Å². The van der Waals surface area contributed by atoms with Crippen molar-refractivity contribution in [3.8, 4) is 0 Å². The maximum absolute atomic E-state index is 5.94. The van der Waals surface area contributed by atoms with Crippen LogP contribution in [-0.2, 0) is 12.5 Å². The quantitative estimate of drug-likeness (QED) is 0.620. The molecule has 1 unspecified atom stereocenters. The first-order valence-electron chi connectivity index (χ1n) is 7.17. The molecule has 0 saturated heterocycles. The summed E-state index contributed by atoms with van der Waals surface area (Å²) in [4.78, 5) is 0. The van der Waals surface area contributed by atoms with Crippen molar-refractivity contribution < 1.29 is 0 Å². The standard InChI is InChI=1S/C15H22BrN5/c1-4-15(5-2,11-9-7-6-8-10-11)13(18-17)12-14(16)19-20-21(12)3/h6-10,13,18H,4-5,17H2,1-3H3. The van der Waals surface area contributed by atoms with Crippen LogP contribution in [0.25, 0.3) is 0 Å². The Morgan fingerprint density at radius 3 is 2.33 bits per heavy atom. The molecule has 5 nitrogen and oxygen atoms in total. The number of hydrogen-bond donors (Lipinski definition) is 2. The molecule has 0 aliphatic carbocycles. The summed E-state index contributed by atoms with van der Waals surface area (Å²) in [6, 6.07) is 10.4. The normalized spacial score (nSPS) is 13.4. The average molecular weight is 352 g/mol. The maximum atomic E-state index is 5.94. The summed E-state index contributed by atoms with van der Waals surface area (Å²) in [6.45, 7) is 4.39. The van der Waals surface area contributed by atoms with Crippen molar-refractivity contribution >= 4 is 15.9 Å². The van der Waals surface area contributed by atoms with E-state index in [1.54, 1.807) is 4.68 Å². The molecule has 0 amide bonds. The van der Waals surface area contributed by atoms with Gasteiger partial charge in [0.2, 0.25) is 0 Å². The van der Waals surface area contributed by atoms with Gasteiger partial charge in [0, 0.05) is 12.5 Å². The van der Waals surface area contributed by atoms with Crippen LogP contribution in [0.5, 0.6) is 0 Å². The minimum atomic E-state index is -0.117. The Balaban J connectivity index is 2.60. The molecular weight excluding hydrogens is 330 g/mol. The van der Waals surface area contributed by atoms with Crippen molar-refractivity contribution in [3.63, 3.8) is 0 Å². The fourth-order valence-corrected chi connectivity index (χ4v) is 3.71. The Bertz CT molecular complexity index is 558. The number of aromatic nitrogens is 3. The van der Waals surface area contributed by atoms with E-state index in [9.17, 15) is 0 Å². The first-order chi connectivity index (χ1) is 10.1. The minimum Gasteiger partial charge on any atom is -0.271 e. The summed E-state index contributed by atoms with van der Waals surface area (Å²) < 4.78 is 2.51. The third kappa shape index (κ3) is 2.75. The van der Waals surface area contributed by atoms with E-state index >= 15 is 0 Å². The molecule has 1 aromatic carbocycles. The zero-order chi connectivity index (χ0) is 15.5. The molecule has 0 spiro atoms. The number of halogens is 1. The Labute approximate surface area is 134 Å². The topological polar surface area (TPSA) is 68.8 Å². The van der Waals surface area contributed by atoms with Crippen LogP contribution in [0.3, 0.4) is 0 Å². The van der Waals surface area contributed by atoms with Gasteiger partial charge in [-0.05, 0) is 34.3 Å². The van der Waals surface area contributed by atoms with Crippen molar-refractivity contribution in [2.45, 2.75) is 38.1 Å². The lowest BCUT2D eigenvalue weighted by atomic mass is 9.69. The predicted octanol–water partition coefficient (Wildman–Crippen LogP) is 2.84. The van der Waals surface area contributed by atoms with Crippen LogP contribution in [-0.4, -0.2) is 15.0 Å². The van der Waals surface area contributed by atoms with Gasteiger partial charge in [-0.2, -0.15) is 0 Å². The van der Waals surface area contributed by atoms with Crippen LogP contribution in [0, 0.1) is 0 Å². The SMILES string of the molecule is CCC(CC)(c1ccccc1)C(NN)c1c(Br)nnn1C. The lowest BCUT2D eigenvalue weighted by Crippen LogP contribution is -2.45. The van der Waals surface area contributed by atoms with Crippen LogP contribution in [0.1, 0.15) is 44.0 Å². The van der Waals surface area contributed by atoms with E-state index in [0.717, 1.165) is 23.1 Å². The van der Waals surface area contributed by atoms with Crippen molar-refractivity contribution in [2.75, 3.05) is 0 Å². The van der Waals surface area contributed by atoms with E-state index in [4.69, 9.17) is 5.84 Å². The summed E-state index contributed by atoms with van der Waals surface area (Å²) in [6.07, 6.45) is 1.92. The highest BCUT2D eigenvalue weighted by molar-refractivity contribution is 9.10. The monoisotopic (exact) mass is 351 g/mol. The summed E-state index contributed by atoms with van der Waals surface area (Å²) >= 11 is 3.49. The molecule has 2 aromatic rings. The zero-order valence-electron chi connectivity index (χ0n) is 12.7. The molecule has 1 heterocycles. The highest BCUT2D eigenvalue weighted by Gasteiger charge is 2.40. The van der Waals surface area contributed by atoms with E-state index < -0.39 is 0 Å². The second kappa shape index (κ2) is 6.68. The number of benzene rings is 1. The van der Waals surface area contributed by atoms with E-state index in [1.807, 2.05) is 13.1 Å². The maximum Gasteiger partial charge on any atom is 0.153 e. The highest BCUT2D eigenvalue weighted by Crippen LogP contribution is 2.43. The van der Waals surface area contributed by atoms with E-state index in [1.165, 1.54) is 5.56 Å². The van der Waals surface area contributed by atoms with Crippen LogP contribution < -0.4 is 11.3 Å². The number of nitrogens with one attached hydrogen (secondary N) is 1. The minimum absolute atomic E-state index is 0.0794. The Hall–Kier alpha value is -1.24. The van der Waals surface area contributed by atoms with Gasteiger partial charge in [-0.25, -0.2) is 4.68 Å². The molecule has 114 valence electrons. The Morgan fingerprint density at radius 2 is 1.90 bits per heavy atom. The van der Waals surface area contributed by atoms with Crippen LogP contribution >= 0.6 is 15.9 Å². The van der Waals surface area contributed by atoms with Gasteiger partial charge < -0.3 is 0 Å². The summed E-state index contributed by atoms with van der Waals surface area (Å²) in [5.41, 5.74) is 5.11. The second-order valence-electron chi connectivity index (χ2n) is 5.22. The van der Waals surface area contributed by atoms with Gasteiger partial charge in [0.05, 0.1) is 11.7 Å². The van der Waals surface area contributed by atoms with Crippen molar-refractivity contribution in [3.05, 3.63) is 46.2 Å². The molecule has 0 aliphatic heterocycles. The number of nitrogens with zero attached hydrogens (tertiary/aromatic N) is 3. The molecular formula is C15H22BrN5. The molecule has 2 rings (SSSR count). The molecule has 0 fully saturated rings. The van der Waals surface area contributed by atoms with Gasteiger partial charge in [-0.15, -0.1) is 5.10 Å². The molecule has 6 heteroatoms. The predicted molar refractivity (Wildman–Crippen MR) is 87.5 cm³/mol. The molecule has 0 aliphatic rings. The summed E-state index contributed by atoms with van der Waals surface area (Å²) in [5, 5.41) is 8.18. The number of hydrazine groups is 1. The van der Waals surface area contributed by atoms with Gasteiger partial charge in [0.15, 0.2) is 4.60 Å². The van der Waals surface area contributed by atoms with Crippen molar-refractivity contribution in [1.29, 1.82) is 0 Å². The van der Waals surface area contributed by atoms with E-state index in [2.05, 4.69) is 69.8 Å². The van der Waals surface area contributed by atoms with Crippen LogP contribution in [0.2, 0.25) is 0 Å². The van der Waals surface area contributed by atoms with Gasteiger partial charge in [0.25, 0.3) is 0 Å². The molecule has 0 bridgehead atoms. The van der Waals surface area contributed by atoms with Gasteiger partial charge >= 0.3 is 0 Å². The number of hydrogen-bond acceptors (Lipinski definition) is 4. The Kier molecular flexibility index (Phi) is 5.13. The number of nitrogens with two attached hydrogens (primary N) is 1. The molecule has 1 atom stereocenters. The van der Waals surface area contributed by atoms with Crippen molar-refractivity contribution in [2.24, 2.45) is 12.9 Å². The zero-order valence-corrected chi connectivity index (χ0v) is 14.3. The second-order valence-corrected chi connectivity index (χ2v) is 5.97. The van der Waals surface area contributed by atoms with Crippen LogP contribution in [0.4, 0.5) is 0 Å². The largest absolute Gasteiger partial charge is 0.271 e. The Morgan fingerprint density at radius 1 is 1.29 bits per heavy atom. The molecule has 3 N–H and O–H groups in total. The van der Waals surface area contributed by atoms with E-state index in [-0.39, 0.29) is 11.5 Å². The third-order valence-corrected chi connectivity index (χ3v) is 4.99. The lowest BCUT2D eigenvalue weighted by molar-refractivity contribution is 0.265. The average Bonchev–Trinajstić information content (AvgIpc) is 2.85. The third-order valence-electron chi connectivity index (χ3n) is 4.43. The first kappa shape index (κ1) is 16.1.